The van der Waals surface area contributed by atoms with E-state index in [0.29, 0.717) is 6.04 Å². The molecule has 1 spiro atoms. The van der Waals surface area contributed by atoms with Crippen molar-refractivity contribution in [1.29, 1.82) is 0 Å². The van der Waals surface area contributed by atoms with Gasteiger partial charge >= 0.3 is 0 Å². The maximum absolute atomic E-state index is 11.4. The highest BCUT2D eigenvalue weighted by atomic mass is 32.2. The highest BCUT2D eigenvalue weighted by Gasteiger charge is 2.40. The largest absolute Gasteiger partial charge is 0.375 e. The number of hydrogen-bond donors (Lipinski definition) is 2. The SMILES string of the molecule is CC(C)(NC1CCOC2(CCSCC2)C1)C(N)=O. The fourth-order valence-electron chi connectivity index (χ4n) is 2.82. The van der Waals surface area contributed by atoms with Gasteiger partial charge in [-0.1, -0.05) is 0 Å². The summed E-state index contributed by atoms with van der Waals surface area (Å²) in [6.07, 6.45) is 4.23. The molecule has 2 heterocycles. The molecule has 0 aliphatic carbocycles. The van der Waals surface area contributed by atoms with Gasteiger partial charge in [-0.15, -0.1) is 0 Å². The van der Waals surface area contributed by atoms with Crippen LogP contribution in [-0.2, 0) is 9.53 Å². The van der Waals surface area contributed by atoms with Crippen molar-refractivity contribution in [3.8, 4) is 0 Å². The van der Waals surface area contributed by atoms with Crippen LogP contribution in [0.15, 0.2) is 0 Å². The topological polar surface area (TPSA) is 64.3 Å². The molecule has 2 aliphatic heterocycles. The molecular weight excluding hydrogens is 248 g/mol. The van der Waals surface area contributed by atoms with Gasteiger partial charge in [-0.05, 0) is 51.0 Å². The molecule has 2 aliphatic rings. The Hall–Kier alpha value is -0.260. The lowest BCUT2D eigenvalue weighted by molar-refractivity contribution is -0.125. The summed E-state index contributed by atoms with van der Waals surface area (Å²) in [5.74, 6) is 2.08. The first-order valence-electron chi connectivity index (χ1n) is 6.73. The lowest BCUT2D eigenvalue weighted by Gasteiger charge is -2.45. The summed E-state index contributed by atoms with van der Waals surface area (Å²) >= 11 is 2.01. The molecule has 2 saturated heterocycles. The minimum atomic E-state index is -0.632. The molecule has 0 bridgehead atoms. The molecular formula is C13H24N2O2S. The predicted octanol–water partition coefficient (Wildman–Crippen LogP) is 1.28. The van der Waals surface area contributed by atoms with E-state index in [0.717, 1.165) is 32.3 Å². The molecule has 1 unspecified atom stereocenters. The Labute approximate surface area is 113 Å². The van der Waals surface area contributed by atoms with Gasteiger partial charge in [-0.3, -0.25) is 4.79 Å². The van der Waals surface area contributed by atoms with Crippen LogP contribution in [0.25, 0.3) is 0 Å². The number of primary amides is 1. The molecule has 0 saturated carbocycles. The Balaban J connectivity index is 1.96. The molecule has 0 aromatic heterocycles. The van der Waals surface area contributed by atoms with Gasteiger partial charge < -0.3 is 15.8 Å². The number of carbonyl (C=O) groups excluding carboxylic acids is 1. The van der Waals surface area contributed by atoms with Crippen LogP contribution < -0.4 is 11.1 Å². The smallest absolute Gasteiger partial charge is 0.237 e. The van der Waals surface area contributed by atoms with Crippen LogP contribution in [0.1, 0.15) is 39.5 Å². The van der Waals surface area contributed by atoms with Gasteiger partial charge in [0.25, 0.3) is 0 Å². The number of thioether (sulfide) groups is 1. The molecule has 3 N–H and O–H groups in total. The number of rotatable bonds is 3. The van der Waals surface area contributed by atoms with Crippen molar-refractivity contribution < 1.29 is 9.53 Å². The minimum absolute atomic E-state index is 0.0505. The quantitative estimate of drug-likeness (QED) is 0.812. The zero-order valence-electron chi connectivity index (χ0n) is 11.3. The predicted molar refractivity (Wildman–Crippen MR) is 74.7 cm³/mol. The third kappa shape index (κ3) is 3.19. The van der Waals surface area contributed by atoms with Crippen LogP contribution in [-0.4, -0.2) is 41.2 Å². The molecule has 1 amide bonds. The van der Waals surface area contributed by atoms with E-state index in [1.807, 2.05) is 25.6 Å². The summed E-state index contributed by atoms with van der Waals surface area (Å²) in [7, 11) is 0. The van der Waals surface area contributed by atoms with Crippen LogP contribution in [0.3, 0.4) is 0 Å². The van der Waals surface area contributed by atoms with E-state index >= 15 is 0 Å². The fraction of sp³-hybridized carbons (Fsp3) is 0.923. The Morgan fingerprint density at radius 2 is 2.11 bits per heavy atom. The first kappa shape index (κ1) is 14.2. The Bertz CT molecular complexity index is 309. The lowest BCUT2D eigenvalue weighted by atomic mass is 9.84. The molecule has 0 aromatic carbocycles. The standard InChI is InChI=1S/C13H24N2O2S/c1-12(2,11(14)16)15-10-3-6-17-13(9-10)4-7-18-8-5-13/h10,15H,3-9H2,1-2H3,(H2,14,16). The lowest BCUT2D eigenvalue weighted by Crippen LogP contribution is -2.58. The maximum atomic E-state index is 11.4. The second-order valence-electron chi connectivity index (χ2n) is 5.97. The summed E-state index contributed by atoms with van der Waals surface area (Å²) in [6, 6.07) is 0.337. The van der Waals surface area contributed by atoms with E-state index in [1.54, 1.807) is 0 Å². The van der Waals surface area contributed by atoms with E-state index in [-0.39, 0.29) is 11.5 Å². The Kier molecular flexibility index (Phi) is 4.24. The number of carbonyl (C=O) groups is 1. The fourth-order valence-corrected chi connectivity index (χ4v) is 4.06. The van der Waals surface area contributed by atoms with Gasteiger partial charge in [0, 0.05) is 12.6 Å². The van der Waals surface area contributed by atoms with Crippen molar-refractivity contribution >= 4 is 17.7 Å². The summed E-state index contributed by atoms with van der Waals surface area (Å²) in [4.78, 5) is 11.4. The number of amides is 1. The van der Waals surface area contributed by atoms with E-state index in [4.69, 9.17) is 10.5 Å². The Morgan fingerprint density at radius 1 is 1.44 bits per heavy atom. The third-order valence-electron chi connectivity index (χ3n) is 4.08. The van der Waals surface area contributed by atoms with Gasteiger partial charge in [0.05, 0.1) is 11.1 Å². The van der Waals surface area contributed by atoms with Gasteiger partial charge in [0.1, 0.15) is 0 Å². The maximum Gasteiger partial charge on any atom is 0.237 e. The van der Waals surface area contributed by atoms with Gasteiger partial charge in [0.2, 0.25) is 5.91 Å². The van der Waals surface area contributed by atoms with Crippen LogP contribution >= 0.6 is 11.8 Å². The van der Waals surface area contributed by atoms with Crippen molar-refractivity contribution in [3.05, 3.63) is 0 Å². The second kappa shape index (κ2) is 5.39. The van der Waals surface area contributed by atoms with Gasteiger partial charge in [-0.25, -0.2) is 0 Å². The summed E-state index contributed by atoms with van der Waals surface area (Å²) in [6.45, 7) is 4.50. The third-order valence-corrected chi connectivity index (χ3v) is 5.06. The molecule has 1 atom stereocenters. The van der Waals surface area contributed by atoms with Gasteiger partial charge in [0.15, 0.2) is 0 Å². The first-order chi connectivity index (χ1) is 8.44. The molecule has 18 heavy (non-hydrogen) atoms. The molecule has 2 rings (SSSR count). The highest BCUT2D eigenvalue weighted by molar-refractivity contribution is 7.99. The summed E-state index contributed by atoms with van der Waals surface area (Å²) in [5.41, 5.74) is 4.84. The zero-order chi connectivity index (χ0) is 13.2. The van der Waals surface area contributed by atoms with Crippen molar-refractivity contribution in [2.45, 2.75) is 56.7 Å². The van der Waals surface area contributed by atoms with Crippen LogP contribution in [0.2, 0.25) is 0 Å². The molecule has 104 valence electrons. The normalized spacial score (nSPS) is 28.2. The molecule has 4 nitrogen and oxygen atoms in total. The Morgan fingerprint density at radius 3 is 2.72 bits per heavy atom. The van der Waals surface area contributed by atoms with Crippen LogP contribution in [0.4, 0.5) is 0 Å². The molecule has 2 fully saturated rings. The number of ether oxygens (including phenoxy) is 1. The second-order valence-corrected chi connectivity index (χ2v) is 7.19. The zero-order valence-corrected chi connectivity index (χ0v) is 12.1. The van der Waals surface area contributed by atoms with Crippen molar-refractivity contribution in [2.24, 2.45) is 5.73 Å². The molecule has 0 radical (unpaired) electrons. The summed E-state index contributed by atoms with van der Waals surface area (Å²) in [5, 5.41) is 3.40. The summed E-state index contributed by atoms with van der Waals surface area (Å²) < 4.78 is 6.04. The minimum Gasteiger partial charge on any atom is -0.375 e. The number of hydrogen-bond acceptors (Lipinski definition) is 4. The average molecular weight is 272 g/mol. The van der Waals surface area contributed by atoms with Crippen molar-refractivity contribution in [3.63, 3.8) is 0 Å². The van der Waals surface area contributed by atoms with E-state index in [1.165, 1.54) is 11.5 Å². The number of nitrogens with one attached hydrogen (secondary N) is 1. The first-order valence-corrected chi connectivity index (χ1v) is 7.88. The van der Waals surface area contributed by atoms with E-state index in [9.17, 15) is 4.79 Å². The van der Waals surface area contributed by atoms with Crippen molar-refractivity contribution in [1.82, 2.24) is 5.32 Å². The van der Waals surface area contributed by atoms with E-state index < -0.39 is 5.54 Å². The van der Waals surface area contributed by atoms with Gasteiger partial charge in [-0.2, -0.15) is 11.8 Å². The number of nitrogens with two attached hydrogens (primary N) is 1. The average Bonchev–Trinajstić information content (AvgIpc) is 2.29. The van der Waals surface area contributed by atoms with E-state index in [2.05, 4.69) is 5.32 Å². The highest BCUT2D eigenvalue weighted by Crippen LogP contribution is 2.37. The molecule has 5 heteroatoms. The van der Waals surface area contributed by atoms with Crippen molar-refractivity contribution in [2.75, 3.05) is 18.1 Å². The van der Waals surface area contributed by atoms with Crippen LogP contribution in [0.5, 0.6) is 0 Å². The molecule has 0 aromatic rings. The monoisotopic (exact) mass is 272 g/mol. The van der Waals surface area contributed by atoms with Crippen LogP contribution in [0, 0.1) is 0 Å².